The Kier molecular flexibility index (Phi) is 15.4. The third-order valence-electron chi connectivity index (χ3n) is 4.36. The summed E-state index contributed by atoms with van der Waals surface area (Å²) < 4.78 is 32.3. The maximum Gasteiger partial charge on any atom is 0.341 e. The molecule has 0 aliphatic heterocycles. The smallest absolute Gasteiger partial charge is 0.341 e. The van der Waals surface area contributed by atoms with Crippen LogP contribution in [-0.4, -0.2) is 64.2 Å². The first-order chi connectivity index (χ1) is 15.5. The molecule has 0 saturated carbocycles. The number of hydrogen-bond donors (Lipinski definition) is 0. The molecule has 0 fully saturated rings. The number of carbonyl (C=O) groups excluding carboxylic acids is 2. The number of unbranched alkanes of at least 4 members (excludes halogenated alkanes) is 2. The zero-order valence-electron chi connectivity index (χ0n) is 19.8. The van der Waals surface area contributed by atoms with Crippen molar-refractivity contribution in [2.45, 2.75) is 66.0 Å². The minimum absolute atomic E-state index is 0.0993. The van der Waals surface area contributed by atoms with E-state index in [0.717, 1.165) is 25.7 Å². The van der Waals surface area contributed by atoms with Gasteiger partial charge in [-0.1, -0.05) is 38.8 Å². The van der Waals surface area contributed by atoms with Gasteiger partial charge in [-0.15, -0.1) is 0 Å². The largest absolute Gasteiger partial charge is 0.432 e. The highest BCUT2D eigenvalue weighted by molar-refractivity contribution is 6.03. The summed E-state index contributed by atoms with van der Waals surface area (Å²) in [5.41, 5.74) is 0.199. The van der Waals surface area contributed by atoms with E-state index >= 15 is 0 Å². The van der Waals surface area contributed by atoms with Crippen molar-refractivity contribution in [3.63, 3.8) is 0 Å². The molecule has 2 unspecified atom stereocenters. The molecule has 8 nitrogen and oxygen atoms in total. The van der Waals surface area contributed by atoms with Crippen LogP contribution < -0.4 is 0 Å². The quantitative estimate of drug-likeness (QED) is 0.184. The molecule has 0 amide bonds. The molecule has 32 heavy (non-hydrogen) atoms. The fraction of sp³-hybridized carbons (Fsp3) is 0.667. The lowest BCUT2D eigenvalue weighted by Crippen LogP contribution is -2.24. The number of esters is 2. The van der Waals surface area contributed by atoms with Crippen molar-refractivity contribution in [2.24, 2.45) is 0 Å². The molecule has 0 bridgehead atoms. The van der Waals surface area contributed by atoms with E-state index < -0.39 is 24.5 Å². The highest BCUT2D eigenvalue weighted by atomic mass is 16.7. The fourth-order valence-electron chi connectivity index (χ4n) is 2.58. The van der Waals surface area contributed by atoms with Gasteiger partial charge in [0.05, 0.1) is 37.6 Å². The van der Waals surface area contributed by atoms with Crippen LogP contribution >= 0.6 is 0 Å². The Morgan fingerprint density at radius 2 is 1.09 bits per heavy atom. The van der Waals surface area contributed by atoms with E-state index in [0.29, 0.717) is 39.6 Å². The van der Waals surface area contributed by atoms with Gasteiger partial charge in [0.15, 0.2) is 0 Å². The summed E-state index contributed by atoms with van der Waals surface area (Å²) in [7, 11) is 0. The highest BCUT2D eigenvalue weighted by Gasteiger charge is 2.22. The van der Waals surface area contributed by atoms with Gasteiger partial charge in [-0.3, -0.25) is 0 Å². The Morgan fingerprint density at radius 1 is 0.688 bits per heavy atom. The maximum absolute atomic E-state index is 12.5. The lowest BCUT2D eigenvalue weighted by atomic mass is 10.1. The monoisotopic (exact) mass is 454 g/mol. The molecule has 0 aliphatic carbocycles. The summed E-state index contributed by atoms with van der Waals surface area (Å²) >= 11 is 0. The molecule has 0 radical (unpaired) electrons. The van der Waals surface area contributed by atoms with Gasteiger partial charge >= 0.3 is 11.9 Å². The molecule has 0 spiro atoms. The summed E-state index contributed by atoms with van der Waals surface area (Å²) in [5.74, 6) is -1.34. The summed E-state index contributed by atoms with van der Waals surface area (Å²) in [6.45, 7) is 10.2. The molecular weight excluding hydrogens is 416 g/mol. The number of rotatable bonds is 18. The van der Waals surface area contributed by atoms with Gasteiger partial charge < -0.3 is 28.4 Å². The second-order valence-corrected chi connectivity index (χ2v) is 7.16. The van der Waals surface area contributed by atoms with Crippen molar-refractivity contribution in [3.05, 3.63) is 35.4 Å². The molecule has 0 aromatic heterocycles. The van der Waals surface area contributed by atoms with Crippen LogP contribution in [0.2, 0.25) is 0 Å². The van der Waals surface area contributed by atoms with Crippen LogP contribution in [0.25, 0.3) is 0 Å². The number of benzene rings is 1. The lowest BCUT2D eigenvalue weighted by molar-refractivity contribution is -0.111. The summed E-state index contributed by atoms with van der Waals surface area (Å²) in [5, 5.41) is 0. The van der Waals surface area contributed by atoms with E-state index in [9.17, 15) is 9.59 Å². The molecule has 2 atom stereocenters. The Morgan fingerprint density at radius 3 is 1.47 bits per heavy atom. The van der Waals surface area contributed by atoms with Gasteiger partial charge in [-0.2, -0.15) is 0 Å². The first-order valence-electron chi connectivity index (χ1n) is 11.4. The van der Waals surface area contributed by atoms with E-state index in [1.54, 1.807) is 26.0 Å². The molecule has 1 aromatic rings. The first kappa shape index (κ1) is 28.0. The predicted octanol–water partition coefficient (Wildman–Crippen LogP) is 4.36. The van der Waals surface area contributed by atoms with Crippen molar-refractivity contribution >= 4 is 11.9 Å². The standard InChI is InChI=1S/C24H38O8/c1-5-7-13-27-15-17-29-19(3)31-23(25)21-11-9-10-12-22(21)24(26)32-20(4)30-18-16-28-14-8-6-2/h9-12,19-20H,5-8,13-18H2,1-4H3. The van der Waals surface area contributed by atoms with Gasteiger partial charge in [0, 0.05) is 13.2 Å². The Labute approximate surface area is 191 Å². The van der Waals surface area contributed by atoms with Crippen LogP contribution in [0.15, 0.2) is 24.3 Å². The third kappa shape index (κ3) is 12.1. The van der Waals surface area contributed by atoms with Gasteiger partial charge in [0.1, 0.15) is 0 Å². The number of carbonyl (C=O) groups is 2. The molecule has 0 heterocycles. The van der Waals surface area contributed by atoms with Crippen molar-refractivity contribution in [1.82, 2.24) is 0 Å². The Bertz CT molecular complexity index is 594. The van der Waals surface area contributed by atoms with Crippen molar-refractivity contribution < 1.29 is 38.0 Å². The lowest BCUT2D eigenvalue weighted by Gasteiger charge is -2.17. The maximum atomic E-state index is 12.5. The van der Waals surface area contributed by atoms with E-state index in [-0.39, 0.29) is 11.1 Å². The minimum atomic E-state index is -0.781. The summed E-state index contributed by atoms with van der Waals surface area (Å²) in [6.07, 6.45) is 2.55. The molecule has 0 aliphatic rings. The van der Waals surface area contributed by atoms with Crippen LogP contribution in [0.4, 0.5) is 0 Å². The summed E-state index contributed by atoms with van der Waals surface area (Å²) in [4.78, 5) is 25.1. The normalized spacial score (nSPS) is 12.9. The van der Waals surface area contributed by atoms with Crippen molar-refractivity contribution in [1.29, 1.82) is 0 Å². The van der Waals surface area contributed by atoms with Gasteiger partial charge in [0.25, 0.3) is 0 Å². The Hall–Kier alpha value is -2.00. The fourth-order valence-corrected chi connectivity index (χ4v) is 2.58. The average Bonchev–Trinajstić information content (AvgIpc) is 2.78. The van der Waals surface area contributed by atoms with Crippen LogP contribution in [0.5, 0.6) is 0 Å². The third-order valence-corrected chi connectivity index (χ3v) is 4.36. The van der Waals surface area contributed by atoms with Crippen molar-refractivity contribution in [2.75, 3.05) is 39.6 Å². The topological polar surface area (TPSA) is 89.5 Å². The van der Waals surface area contributed by atoms with E-state index in [1.807, 2.05) is 0 Å². The average molecular weight is 455 g/mol. The number of hydrogen-bond acceptors (Lipinski definition) is 8. The minimum Gasteiger partial charge on any atom is -0.432 e. The van der Waals surface area contributed by atoms with Crippen LogP contribution in [0, 0.1) is 0 Å². The molecule has 0 saturated heterocycles. The van der Waals surface area contributed by atoms with Crippen LogP contribution in [0.1, 0.15) is 74.1 Å². The van der Waals surface area contributed by atoms with E-state index in [4.69, 9.17) is 28.4 Å². The summed E-state index contributed by atoms with van der Waals surface area (Å²) in [6, 6.07) is 6.31. The molecule has 1 aromatic carbocycles. The Balaban J connectivity index is 2.46. The second-order valence-electron chi connectivity index (χ2n) is 7.16. The predicted molar refractivity (Wildman–Crippen MR) is 120 cm³/mol. The molecule has 1 rings (SSSR count). The SMILES string of the molecule is CCCCOCCOC(C)OC(=O)c1ccccc1C(=O)OC(C)OCCOCCCC. The zero-order chi connectivity index (χ0) is 23.6. The number of ether oxygens (including phenoxy) is 6. The van der Waals surface area contributed by atoms with Gasteiger partial charge in [-0.05, 0) is 38.8 Å². The molecule has 8 heteroatoms. The van der Waals surface area contributed by atoms with E-state index in [1.165, 1.54) is 12.1 Å². The van der Waals surface area contributed by atoms with Crippen LogP contribution in [-0.2, 0) is 28.4 Å². The van der Waals surface area contributed by atoms with E-state index in [2.05, 4.69) is 13.8 Å². The van der Waals surface area contributed by atoms with Crippen LogP contribution in [0.3, 0.4) is 0 Å². The van der Waals surface area contributed by atoms with Gasteiger partial charge in [-0.25, -0.2) is 9.59 Å². The van der Waals surface area contributed by atoms with Crippen molar-refractivity contribution in [3.8, 4) is 0 Å². The molecule has 0 N–H and O–H groups in total. The zero-order valence-corrected chi connectivity index (χ0v) is 19.8. The second kappa shape index (κ2) is 17.5. The highest BCUT2D eigenvalue weighted by Crippen LogP contribution is 2.14. The molecule has 182 valence electrons. The molecular formula is C24H38O8. The van der Waals surface area contributed by atoms with Gasteiger partial charge in [0.2, 0.25) is 12.6 Å². The first-order valence-corrected chi connectivity index (χ1v) is 11.4.